The first kappa shape index (κ1) is 15.4. The van der Waals surface area contributed by atoms with Crippen LogP contribution in [-0.4, -0.2) is 57.0 Å². The number of hydrogen-bond donors (Lipinski definition) is 4. The summed E-state index contributed by atoms with van der Waals surface area (Å²) in [7, 11) is -1.07. The number of carbonyl (C=O) groups is 3. The summed E-state index contributed by atoms with van der Waals surface area (Å²) >= 11 is 0. The monoisotopic (exact) mass is 266 g/mol. The predicted molar refractivity (Wildman–Crippen MR) is 59.1 cm³/mol. The van der Waals surface area contributed by atoms with Gasteiger partial charge in [-0.05, 0) is 0 Å². The minimum Gasteiger partial charge on any atom is -0.481 e. The van der Waals surface area contributed by atoms with Crippen molar-refractivity contribution in [2.45, 2.75) is 12.5 Å². The fourth-order valence-corrected chi connectivity index (χ4v) is 1.28. The number of urea groups is 1. The fraction of sp³-hybridized carbons (Fsp3) is 0.625. The molecule has 17 heavy (non-hydrogen) atoms. The van der Waals surface area contributed by atoms with E-state index in [1.165, 1.54) is 6.26 Å². The van der Waals surface area contributed by atoms with E-state index in [1.807, 2.05) is 5.32 Å². The Balaban J connectivity index is 4.08. The minimum atomic E-state index is -1.49. The lowest BCUT2D eigenvalue weighted by Gasteiger charge is -2.12. The Morgan fingerprint density at radius 3 is 2.29 bits per heavy atom. The summed E-state index contributed by atoms with van der Waals surface area (Å²) in [5.41, 5.74) is 0. The van der Waals surface area contributed by atoms with E-state index >= 15 is 0 Å². The topological polar surface area (TPSA) is 133 Å². The summed E-state index contributed by atoms with van der Waals surface area (Å²) < 4.78 is 10.7. The van der Waals surface area contributed by atoms with Crippen LogP contribution in [0.15, 0.2) is 0 Å². The van der Waals surface area contributed by atoms with Crippen molar-refractivity contribution in [2.75, 3.05) is 18.6 Å². The molecule has 0 spiro atoms. The van der Waals surface area contributed by atoms with Gasteiger partial charge in [-0.15, -0.1) is 0 Å². The van der Waals surface area contributed by atoms with Crippen LogP contribution in [0, 0.1) is 0 Å². The molecule has 0 aliphatic rings. The molecular weight excluding hydrogens is 252 g/mol. The molecular formula is C8H14N2O6S. The summed E-state index contributed by atoms with van der Waals surface area (Å²) in [4.78, 5) is 32.1. The van der Waals surface area contributed by atoms with Crippen molar-refractivity contribution in [1.29, 1.82) is 0 Å². The minimum absolute atomic E-state index is 0.119. The van der Waals surface area contributed by atoms with Crippen LogP contribution in [0.4, 0.5) is 4.79 Å². The molecule has 0 saturated carbocycles. The van der Waals surface area contributed by atoms with Crippen LogP contribution in [0.2, 0.25) is 0 Å². The van der Waals surface area contributed by atoms with E-state index in [0.29, 0.717) is 0 Å². The Kier molecular flexibility index (Phi) is 6.87. The van der Waals surface area contributed by atoms with Crippen LogP contribution in [0.1, 0.15) is 6.42 Å². The van der Waals surface area contributed by atoms with E-state index in [4.69, 9.17) is 10.2 Å². The second-order valence-corrected chi connectivity index (χ2v) is 4.72. The van der Waals surface area contributed by atoms with Gasteiger partial charge >= 0.3 is 18.0 Å². The maximum Gasteiger partial charge on any atom is 0.326 e. The number of amides is 2. The Hall–Kier alpha value is -1.64. The molecule has 98 valence electrons. The first-order valence-electron chi connectivity index (χ1n) is 4.62. The van der Waals surface area contributed by atoms with E-state index in [9.17, 15) is 18.6 Å². The zero-order valence-corrected chi connectivity index (χ0v) is 9.95. The van der Waals surface area contributed by atoms with Gasteiger partial charge in [0.1, 0.15) is 6.04 Å². The molecule has 9 heteroatoms. The van der Waals surface area contributed by atoms with Crippen molar-refractivity contribution >= 4 is 28.8 Å². The highest BCUT2D eigenvalue weighted by Gasteiger charge is 2.22. The average molecular weight is 266 g/mol. The molecule has 0 aliphatic carbocycles. The molecule has 0 aromatic carbocycles. The van der Waals surface area contributed by atoms with E-state index in [2.05, 4.69) is 5.32 Å². The van der Waals surface area contributed by atoms with Crippen LogP contribution in [0.25, 0.3) is 0 Å². The molecule has 4 N–H and O–H groups in total. The summed E-state index contributed by atoms with van der Waals surface area (Å²) in [6.07, 6.45) is 0.756. The van der Waals surface area contributed by atoms with Crippen LogP contribution in [0.3, 0.4) is 0 Å². The van der Waals surface area contributed by atoms with Gasteiger partial charge in [-0.3, -0.25) is 9.00 Å². The maximum atomic E-state index is 11.1. The number of nitrogens with one attached hydrogen (secondary N) is 2. The quantitative estimate of drug-likeness (QED) is 0.447. The highest BCUT2D eigenvalue weighted by atomic mass is 32.2. The van der Waals surface area contributed by atoms with Gasteiger partial charge in [0.05, 0.1) is 6.42 Å². The third-order valence-corrected chi connectivity index (χ3v) is 2.44. The van der Waals surface area contributed by atoms with Crippen LogP contribution >= 0.6 is 0 Å². The van der Waals surface area contributed by atoms with Crippen molar-refractivity contribution in [3.63, 3.8) is 0 Å². The number of carbonyl (C=O) groups excluding carboxylic acids is 1. The molecule has 0 heterocycles. The standard InChI is InChI=1S/C8H14N2O6S/c1-17(16)3-2-9-8(15)10-5(7(13)14)4-6(11)12/h5H,2-4H2,1H3,(H,11,12)(H,13,14)(H2,9,10,15)/t5-,17?/m0/s1. The zero-order valence-electron chi connectivity index (χ0n) is 9.13. The lowest BCUT2D eigenvalue weighted by atomic mass is 10.2. The van der Waals surface area contributed by atoms with E-state index < -0.39 is 41.2 Å². The fourth-order valence-electron chi connectivity index (χ4n) is 0.892. The number of rotatable bonds is 7. The highest BCUT2D eigenvalue weighted by Crippen LogP contribution is 1.92. The largest absolute Gasteiger partial charge is 0.481 e. The summed E-state index contributed by atoms with van der Waals surface area (Å²) in [6, 6.07) is -2.29. The molecule has 8 nitrogen and oxygen atoms in total. The summed E-state index contributed by atoms with van der Waals surface area (Å²) in [5.74, 6) is -2.52. The highest BCUT2D eigenvalue weighted by molar-refractivity contribution is 7.84. The summed E-state index contributed by atoms with van der Waals surface area (Å²) in [5, 5.41) is 21.3. The lowest BCUT2D eigenvalue weighted by molar-refractivity contribution is -0.145. The van der Waals surface area contributed by atoms with Crippen molar-refractivity contribution in [1.82, 2.24) is 10.6 Å². The number of carboxylic acids is 2. The molecule has 0 rings (SSSR count). The number of carboxylic acid groups (broad SMARTS) is 2. The van der Waals surface area contributed by atoms with Gasteiger partial charge in [0.15, 0.2) is 0 Å². The van der Waals surface area contributed by atoms with Crippen molar-refractivity contribution in [3.05, 3.63) is 0 Å². The van der Waals surface area contributed by atoms with Crippen molar-refractivity contribution in [2.24, 2.45) is 0 Å². The second-order valence-electron chi connectivity index (χ2n) is 3.17. The molecule has 2 atom stereocenters. The van der Waals surface area contributed by atoms with Gasteiger partial charge in [0.25, 0.3) is 0 Å². The number of aliphatic carboxylic acids is 2. The molecule has 0 aromatic heterocycles. The van der Waals surface area contributed by atoms with Gasteiger partial charge in [-0.2, -0.15) is 0 Å². The Morgan fingerprint density at radius 2 is 1.88 bits per heavy atom. The molecule has 0 fully saturated rings. The zero-order chi connectivity index (χ0) is 13.4. The molecule has 0 aliphatic heterocycles. The van der Waals surface area contributed by atoms with E-state index in [-0.39, 0.29) is 12.3 Å². The molecule has 1 unspecified atom stereocenters. The average Bonchev–Trinajstić information content (AvgIpc) is 2.15. The SMILES string of the molecule is CS(=O)CCNC(=O)N[C@@H](CC(=O)O)C(=O)O. The van der Waals surface area contributed by atoms with Crippen molar-refractivity contribution < 1.29 is 28.8 Å². The normalized spacial score (nSPS) is 13.5. The van der Waals surface area contributed by atoms with Crippen LogP contribution in [-0.2, 0) is 20.4 Å². The first-order valence-corrected chi connectivity index (χ1v) is 6.34. The van der Waals surface area contributed by atoms with Gasteiger partial charge in [0.2, 0.25) is 0 Å². The van der Waals surface area contributed by atoms with Gasteiger partial charge in [-0.1, -0.05) is 0 Å². The van der Waals surface area contributed by atoms with Crippen LogP contribution < -0.4 is 10.6 Å². The van der Waals surface area contributed by atoms with Gasteiger partial charge < -0.3 is 20.8 Å². The third-order valence-electron chi connectivity index (χ3n) is 1.66. The molecule has 0 radical (unpaired) electrons. The van der Waals surface area contributed by atoms with Crippen LogP contribution in [0.5, 0.6) is 0 Å². The molecule has 0 saturated heterocycles. The van der Waals surface area contributed by atoms with Gasteiger partial charge in [-0.25, -0.2) is 9.59 Å². The Morgan fingerprint density at radius 1 is 1.29 bits per heavy atom. The maximum absolute atomic E-state index is 11.1. The number of hydrogen-bond acceptors (Lipinski definition) is 4. The van der Waals surface area contributed by atoms with Crippen molar-refractivity contribution in [3.8, 4) is 0 Å². The molecule has 0 aromatic rings. The Bertz CT molecular complexity index is 332. The second kappa shape index (κ2) is 7.60. The summed E-state index contributed by atoms with van der Waals surface area (Å²) in [6.45, 7) is 0.119. The third kappa shape index (κ3) is 8.20. The molecule has 2 amide bonds. The van der Waals surface area contributed by atoms with E-state index in [1.54, 1.807) is 0 Å². The Labute approximate surface area is 99.8 Å². The smallest absolute Gasteiger partial charge is 0.326 e. The van der Waals surface area contributed by atoms with E-state index in [0.717, 1.165) is 0 Å². The lowest BCUT2D eigenvalue weighted by Crippen LogP contribution is -2.47. The first-order chi connectivity index (χ1) is 7.82. The molecule has 0 bridgehead atoms. The predicted octanol–water partition coefficient (Wildman–Crippen LogP) is -1.41. The van der Waals surface area contributed by atoms with Gasteiger partial charge in [0, 0.05) is 29.4 Å².